The van der Waals surface area contributed by atoms with E-state index in [4.69, 9.17) is 0 Å². The minimum atomic E-state index is -0.435. The van der Waals surface area contributed by atoms with E-state index >= 15 is 0 Å². The van der Waals surface area contributed by atoms with Gasteiger partial charge in [0.05, 0.1) is 0 Å². The number of Topliss-reactive ketones (excluding diaryl/α,β-unsaturated/α-hetero) is 2. The highest BCUT2D eigenvalue weighted by molar-refractivity contribution is 6.43. The molecule has 1 aromatic heterocycles. The summed E-state index contributed by atoms with van der Waals surface area (Å²) in [7, 11) is 0. The molecule has 0 N–H and O–H groups in total. The second kappa shape index (κ2) is 4.50. The number of pyridine rings is 1. The van der Waals surface area contributed by atoms with Gasteiger partial charge < -0.3 is 0 Å². The van der Waals surface area contributed by atoms with Gasteiger partial charge in [0.2, 0.25) is 11.6 Å². The minimum Gasteiger partial charge on any atom is -0.290 e. The van der Waals surface area contributed by atoms with Gasteiger partial charge in [-0.2, -0.15) is 0 Å². The van der Waals surface area contributed by atoms with Gasteiger partial charge in [-0.15, -0.1) is 0 Å². The van der Waals surface area contributed by atoms with Crippen molar-refractivity contribution in [1.82, 2.24) is 4.98 Å². The van der Waals surface area contributed by atoms with Crippen molar-refractivity contribution in [3.63, 3.8) is 0 Å². The monoisotopic (exact) mass is 177 g/mol. The van der Waals surface area contributed by atoms with Crippen molar-refractivity contribution in [3.8, 4) is 0 Å². The van der Waals surface area contributed by atoms with Gasteiger partial charge >= 0.3 is 0 Å². The Morgan fingerprint density at radius 2 is 2.23 bits per heavy atom. The number of rotatable bonds is 4. The van der Waals surface area contributed by atoms with Crippen LogP contribution in [0.1, 0.15) is 30.1 Å². The van der Waals surface area contributed by atoms with E-state index in [0.29, 0.717) is 18.4 Å². The maximum atomic E-state index is 11.3. The summed E-state index contributed by atoms with van der Waals surface area (Å²) in [6.45, 7) is 1.87. The van der Waals surface area contributed by atoms with Crippen molar-refractivity contribution in [2.24, 2.45) is 0 Å². The normalized spacial score (nSPS) is 9.62. The van der Waals surface area contributed by atoms with Crippen molar-refractivity contribution in [1.29, 1.82) is 0 Å². The van der Waals surface area contributed by atoms with Gasteiger partial charge in [0.25, 0.3) is 0 Å². The van der Waals surface area contributed by atoms with Crippen LogP contribution in [0.4, 0.5) is 0 Å². The summed E-state index contributed by atoms with van der Waals surface area (Å²) in [5, 5.41) is 0. The fraction of sp³-hybridized carbons (Fsp3) is 0.300. The van der Waals surface area contributed by atoms with Crippen LogP contribution in [0.5, 0.6) is 0 Å². The summed E-state index contributed by atoms with van der Waals surface area (Å²) in [6, 6.07) is 3.25. The topological polar surface area (TPSA) is 47.0 Å². The molecule has 0 spiro atoms. The lowest BCUT2D eigenvalue weighted by atomic mass is 10.1. The number of hydrogen-bond acceptors (Lipinski definition) is 3. The van der Waals surface area contributed by atoms with Crippen LogP contribution < -0.4 is 0 Å². The van der Waals surface area contributed by atoms with Crippen molar-refractivity contribution < 1.29 is 9.59 Å². The maximum Gasteiger partial charge on any atom is 0.230 e. The molecule has 0 aliphatic rings. The lowest BCUT2D eigenvalue weighted by Gasteiger charge is -1.96. The predicted octanol–water partition coefficient (Wildman–Crippen LogP) is 1.63. The molecule has 0 atom stereocenters. The fourth-order valence-corrected chi connectivity index (χ4v) is 0.999. The Bertz CT molecular complexity index is 306. The standard InChI is InChI=1S/C10H11NO2/c1-2-4-9(12)10(13)8-5-3-6-11-7-8/h3,5-7H,2,4H2,1H3. The Kier molecular flexibility index (Phi) is 3.31. The minimum absolute atomic E-state index is 0.313. The van der Waals surface area contributed by atoms with Gasteiger partial charge in [0.15, 0.2) is 0 Å². The molecule has 13 heavy (non-hydrogen) atoms. The Hall–Kier alpha value is -1.51. The second-order valence-electron chi connectivity index (χ2n) is 2.74. The van der Waals surface area contributed by atoms with E-state index in [2.05, 4.69) is 4.98 Å². The van der Waals surface area contributed by atoms with Crippen LogP contribution >= 0.6 is 0 Å². The van der Waals surface area contributed by atoms with Crippen LogP contribution in [-0.2, 0) is 4.79 Å². The Morgan fingerprint density at radius 3 is 2.77 bits per heavy atom. The summed E-state index contributed by atoms with van der Waals surface area (Å²) >= 11 is 0. The van der Waals surface area contributed by atoms with E-state index in [1.54, 1.807) is 18.3 Å². The molecule has 1 aromatic rings. The van der Waals surface area contributed by atoms with Gasteiger partial charge in [-0.1, -0.05) is 6.92 Å². The molecule has 1 rings (SSSR count). The van der Waals surface area contributed by atoms with Crippen molar-refractivity contribution in [3.05, 3.63) is 30.1 Å². The van der Waals surface area contributed by atoms with E-state index in [1.165, 1.54) is 6.20 Å². The number of ketones is 2. The molecule has 3 heteroatoms. The average molecular weight is 177 g/mol. The van der Waals surface area contributed by atoms with Crippen LogP contribution in [0.2, 0.25) is 0 Å². The molecule has 0 aromatic carbocycles. The van der Waals surface area contributed by atoms with Crippen LogP contribution in [0.25, 0.3) is 0 Å². The number of nitrogens with zero attached hydrogens (tertiary/aromatic N) is 1. The third-order valence-electron chi connectivity index (χ3n) is 1.65. The molecule has 0 saturated carbocycles. The SMILES string of the molecule is CCCC(=O)C(=O)c1cccnc1. The van der Waals surface area contributed by atoms with E-state index in [0.717, 1.165) is 0 Å². The van der Waals surface area contributed by atoms with Crippen LogP contribution in [-0.4, -0.2) is 16.6 Å². The summed E-state index contributed by atoms with van der Waals surface area (Å²) < 4.78 is 0. The zero-order valence-electron chi connectivity index (χ0n) is 7.49. The molecule has 0 aliphatic heterocycles. The quantitative estimate of drug-likeness (QED) is 0.518. The Balaban J connectivity index is 2.74. The molecular weight excluding hydrogens is 166 g/mol. The first-order valence-electron chi connectivity index (χ1n) is 4.23. The van der Waals surface area contributed by atoms with E-state index in [9.17, 15) is 9.59 Å². The summed E-state index contributed by atoms with van der Waals surface area (Å²) in [5.41, 5.74) is 0.376. The molecule has 0 unspecified atom stereocenters. The van der Waals surface area contributed by atoms with Gasteiger partial charge in [-0.05, 0) is 18.6 Å². The third kappa shape index (κ3) is 2.47. The predicted molar refractivity (Wildman–Crippen MR) is 48.5 cm³/mol. The molecule has 0 fully saturated rings. The van der Waals surface area contributed by atoms with Gasteiger partial charge in [0.1, 0.15) is 0 Å². The van der Waals surface area contributed by atoms with Crippen molar-refractivity contribution in [2.75, 3.05) is 0 Å². The largest absolute Gasteiger partial charge is 0.290 e. The van der Waals surface area contributed by atoms with Gasteiger partial charge in [0, 0.05) is 24.4 Å². The second-order valence-corrected chi connectivity index (χ2v) is 2.74. The zero-order valence-corrected chi connectivity index (χ0v) is 7.49. The first-order chi connectivity index (χ1) is 6.25. The van der Waals surface area contributed by atoms with Gasteiger partial charge in [-0.3, -0.25) is 14.6 Å². The molecule has 0 radical (unpaired) electrons. The van der Waals surface area contributed by atoms with Crippen molar-refractivity contribution in [2.45, 2.75) is 19.8 Å². The van der Waals surface area contributed by atoms with Crippen molar-refractivity contribution >= 4 is 11.6 Å². The smallest absolute Gasteiger partial charge is 0.230 e. The van der Waals surface area contributed by atoms with Crippen LogP contribution in [0, 0.1) is 0 Å². The molecule has 0 aliphatic carbocycles. The molecule has 0 amide bonds. The fourth-order valence-electron chi connectivity index (χ4n) is 0.999. The highest BCUT2D eigenvalue weighted by Gasteiger charge is 2.14. The summed E-state index contributed by atoms with van der Waals surface area (Å²) in [5.74, 6) is -0.773. The van der Waals surface area contributed by atoms with Gasteiger partial charge in [-0.25, -0.2) is 0 Å². The molecule has 1 heterocycles. The number of carbonyl (C=O) groups excluding carboxylic acids is 2. The zero-order chi connectivity index (χ0) is 9.68. The maximum absolute atomic E-state index is 11.3. The molecule has 0 bridgehead atoms. The third-order valence-corrected chi connectivity index (χ3v) is 1.65. The molecule has 0 saturated heterocycles. The van der Waals surface area contributed by atoms with Crippen LogP contribution in [0.15, 0.2) is 24.5 Å². The molecular formula is C10H11NO2. The van der Waals surface area contributed by atoms with E-state index < -0.39 is 5.78 Å². The lowest BCUT2D eigenvalue weighted by molar-refractivity contribution is -0.115. The highest BCUT2D eigenvalue weighted by atomic mass is 16.2. The average Bonchev–Trinajstić information content (AvgIpc) is 2.18. The molecule has 3 nitrogen and oxygen atoms in total. The highest BCUT2D eigenvalue weighted by Crippen LogP contribution is 2.01. The Morgan fingerprint density at radius 1 is 1.46 bits per heavy atom. The number of aromatic nitrogens is 1. The first-order valence-corrected chi connectivity index (χ1v) is 4.23. The first kappa shape index (κ1) is 9.58. The van der Waals surface area contributed by atoms with E-state index in [1.807, 2.05) is 6.92 Å². The number of hydrogen-bond donors (Lipinski definition) is 0. The molecule has 68 valence electrons. The van der Waals surface area contributed by atoms with Crippen LogP contribution in [0.3, 0.4) is 0 Å². The van der Waals surface area contributed by atoms with E-state index in [-0.39, 0.29) is 5.78 Å². The number of carbonyl (C=O) groups is 2. The Labute approximate surface area is 76.8 Å². The summed E-state index contributed by atoms with van der Waals surface area (Å²) in [6.07, 6.45) is 4.00. The summed E-state index contributed by atoms with van der Waals surface area (Å²) in [4.78, 5) is 26.3. The lowest BCUT2D eigenvalue weighted by Crippen LogP contribution is -2.13.